The Hall–Kier alpha value is -4.08. The van der Waals surface area contributed by atoms with Gasteiger partial charge >= 0.3 is 11.9 Å². The van der Waals surface area contributed by atoms with Crippen LogP contribution < -0.4 is 15.6 Å². The predicted octanol–water partition coefficient (Wildman–Crippen LogP) is 4.23. The Bertz CT molecular complexity index is 1510. The molecule has 4 rings (SSSR count). The summed E-state index contributed by atoms with van der Waals surface area (Å²) in [6.45, 7) is 2.56. The largest absolute Gasteiger partial charge is 0.493 e. The van der Waals surface area contributed by atoms with Crippen LogP contribution in [0.15, 0.2) is 81.9 Å². The number of aromatic amines is 1. The highest BCUT2D eigenvalue weighted by atomic mass is 35.5. The monoisotopic (exact) mass is 552 g/mol. The van der Waals surface area contributed by atoms with Crippen molar-refractivity contribution >= 4 is 34.4 Å². The zero-order valence-corrected chi connectivity index (χ0v) is 22.6. The van der Waals surface area contributed by atoms with E-state index in [2.05, 4.69) is 10.3 Å². The van der Waals surface area contributed by atoms with E-state index in [0.717, 1.165) is 10.9 Å². The summed E-state index contributed by atoms with van der Waals surface area (Å²) in [5.74, 6) is -1.31. The van der Waals surface area contributed by atoms with Crippen LogP contribution in [-0.4, -0.2) is 51.0 Å². The summed E-state index contributed by atoms with van der Waals surface area (Å²) < 4.78 is 21.8. The third-order valence-corrected chi connectivity index (χ3v) is 6.66. The molecule has 1 atom stereocenters. The molecular formula is C29H29ClN2O7. The van der Waals surface area contributed by atoms with Gasteiger partial charge < -0.3 is 29.2 Å². The van der Waals surface area contributed by atoms with Gasteiger partial charge in [0.2, 0.25) is 5.56 Å². The third-order valence-electron chi connectivity index (χ3n) is 6.32. The molecule has 9 nitrogen and oxygen atoms in total. The fraction of sp³-hybridized carbons (Fsp3) is 0.276. The average Bonchev–Trinajstić information content (AvgIpc) is 2.94. The number of hydrogen-bond acceptors (Lipinski definition) is 8. The average molecular weight is 553 g/mol. The Labute approximate surface area is 230 Å². The first-order valence-electron chi connectivity index (χ1n) is 12.3. The summed E-state index contributed by atoms with van der Waals surface area (Å²) in [6, 6.07) is 15.7. The van der Waals surface area contributed by atoms with E-state index in [1.165, 1.54) is 20.3 Å². The fourth-order valence-corrected chi connectivity index (χ4v) is 4.75. The van der Waals surface area contributed by atoms with Crippen LogP contribution in [-0.2, 0) is 23.8 Å². The van der Waals surface area contributed by atoms with Gasteiger partial charge in [-0.05, 0) is 42.8 Å². The van der Waals surface area contributed by atoms with E-state index < -0.39 is 17.9 Å². The van der Waals surface area contributed by atoms with Gasteiger partial charge in [0.25, 0.3) is 0 Å². The Morgan fingerprint density at radius 2 is 1.69 bits per heavy atom. The summed E-state index contributed by atoms with van der Waals surface area (Å²) in [5.41, 5.74) is 2.65. The zero-order valence-electron chi connectivity index (χ0n) is 21.8. The van der Waals surface area contributed by atoms with Crippen molar-refractivity contribution in [3.8, 4) is 5.75 Å². The molecule has 1 aliphatic rings. The van der Waals surface area contributed by atoms with Gasteiger partial charge in [0.1, 0.15) is 5.75 Å². The molecule has 0 saturated heterocycles. The zero-order chi connectivity index (χ0) is 27.9. The number of H-pyrrole nitrogens is 1. The van der Waals surface area contributed by atoms with Crippen molar-refractivity contribution in [1.82, 2.24) is 10.3 Å². The van der Waals surface area contributed by atoms with E-state index in [9.17, 15) is 14.4 Å². The quantitative estimate of drug-likeness (QED) is 0.284. The maximum absolute atomic E-state index is 13.0. The van der Waals surface area contributed by atoms with E-state index in [1.54, 1.807) is 49.4 Å². The van der Waals surface area contributed by atoms with E-state index in [-0.39, 0.29) is 23.3 Å². The second kappa shape index (κ2) is 12.6. The molecule has 1 unspecified atom stereocenters. The number of dihydropyridines is 1. The molecule has 10 heteroatoms. The number of ether oxygens (including phenoxy) is 4. The topological polar surface area (TPSA) is 116 Å². The summed E-state index contributed by atoms with van der Waals surface area (Å²) in [7, 11) is 2.56. The van der Waals surface area contributed by atoms with Gasteiger partial charge in [-0.2, -0.15) is 0 Å². The second-order valence-electron chi connectivity index (χ2n) is 8.82. The number of carbonyl (C=O) groups is 2. The molecular weight excluding hydrogens is 524 g/mol. The Morgan fingerprint density at radius 3 is 2.44 bits per heavy atom. The van der Waals surface area contributed by atoms with Crippen LogP contribution in [0.2, 0.25) is 5.02 Å². The lowest BCUT2D eigenvalue weighted by atomic mass is 9.80. The van der Waals surface area contributed by atoms with Gasteiger partial charge in [-0.1, -0.05) is 29.8 Å². The van der Waals surface area contributed by atoms with E-state index in [0.29, 0.717) is 47.4 Å². The van der Waals surface area contributed by atoms with Crippen molar-refractivity contribution in [1.29, 1.82) is 0 Å². The number of hydrogen-bond donors (Lipinski definition) is 2. The van der Waals surface area contributed by atoms with Gasteiger partial charge in [0, 0.05) is 34.1 Å². The Balaban J connectivity index is 1.46. The minimum atomic E-state index is -0.801. The van der Waals surface area contributed by atoms with Crippen molar-refractivity contribution in [2.45, 2.75) is 19.3 Å². The van der Waals surface area contributed by atoms with Gasteiger partial charge in [-0.25, -0.2) is 9.59 Å². The highest BCUT2D eigenvalue weighted by Gasteiger charge is 2.39. The maximum Gasteiger partial charge on any atom is 0.336 e. The van der Waals surface area contributed by atoms with E-state index in [1.807, 2.05) is 6.07 Å². The van der Waals surface area contributed by atoms with E-state index >= 15 is 0 Å². The van der Waals surface area contributed by atoms with Crippen molar-refractivity contribution in [2.24, 2.45) is 0 Å². The van der Waals surface area contributed by atoms with Crippen LogP contribution >= 0.6 is 11.6 Å². The van der Waals surface area contributed by atoms with Gasteiger partial charge in [0.05, 0.1) is 56.8 Å². The number of rotatable bonds is 10. The van der Waals surface area contributed by atoms with Crippen LogP contribution in [0.1, 0.15) is 24.8 Å². The van der Waals surface area contributed by atoms with Crippen LogP contribution in [0.25, 0.3) is 10.9 Å². The number of aromatic nitrogens is 1. The molecule has 1 aromatic heterocycles. The summed E-state index contributed by atoms with van der Waals surface area (Å²) >= 11 is 6.50. The normalized spacial score (nSPS) is 15.2. The van der Waals surface area contributed by atoms with Crippen LogP contribution in [0.5, 0.6) is 5.75 Å². The Morgan fingerprint density at radius 1 is 0.949 bits per heavy atom. The highest BCUT2D eigenvalue weighted by molar-refractivity contribution is 6.31. The standard InChI is InChI=1S/C29H29ClN2O7/c1-17-25(28(34)36-2)26(20-7-4-5-8-21(20)30)27(29(35)37-3)23(31-17)16-38-13-6-14-39-19-10-11-22-18(15-19)9-12-24(33)32-22/h4-5,7-12,15,26,31H,6,13-14,16H2,1-3H3,(H,32,33). The lowest BCUT2D eigenvalue weighted by molar-refractivity contribution is -0.137. The molecule has 204 valence electrons. The molecule has 2 N–H and O–H groups in total. The van der Waals surface area contributed by atoms with Gasteiger partial charge in [-0.3, -0.25) is 4.79 Å². The number of benzene rings is 2. The number of halogens is 1. The third kappa shape index (κ3) is 6.32. The Kier molecular flexibility index (Phi) is 9.06. The number of fused-ring (bicyclic) bond motifs is 1. The number of esters is 2. The van der Waals surface area contributed by atoms with Crippen LogP contribution in [0, 0.1) is 0 Å². The molecule has 0 bridgehead atoms. The number of pyridine rings is 1. The van der Waals surface area contributed by atoms with Crippen molar-refractivity contribution in [2.75, 3.05) is 34.0 Å². The molecule has 0 amide bonds. The predicted molar refractivity (Wildman–Crippen MR) is 147 cm³/mol. The molecule has 0 radical (unpaired) electrons. The molecule has 0 fully saturated rings. The molecule has 2 heterocycles. The van der Waals surface area contributed by atoms with Crippen molar-refractivity contribution in [3.05, 3.63) is 98.1 Å². The molecule has 0 saturated carbocycles. The number of carbonyl (C=O) groups excluding carboxylic acids is 2. The maximum atomic E-state index is 13.0. The van der Waals surface area contributed by atoms with Gasteiger partial charge in [-0.15, -0.1) is 0 Å². The minimum Gasteiger partial charge on any atom is -0.493 e. The number of methoxy groups -OCH3 is 2. The number of nitrogens with one attached hydrogen (secondary N) is 2. The second-order valence-corrected chi connectivity index (χ2v) is 9.23. The first-order valence-corrected chi connectivity index (χ1v) is 12.7. The fourth-order valence-electron chi connectivity index (χ4n) is 4.51. The molecule has 1 aliphatic heterocycles. The highest BCUT2D eigenvalue weighted by Crippen LogP contribution is 2.41. The molecule has 0 spiro atoms. The smallest absolute Gasteiger partial charge is 0.336 e. The van der Waals surface area contributed by atoms with Crippen molar-refractivity contribution < 1.29 is 28.5 Å². The number of allylic oxidation sites excluding steroid dienone is 1. The lowest BCUT2D eigenvalue weighted by Crippen LogP contribution is -2.34. The molecule has 39 heavy (non-hydrogen) atoms. The van der Waals surface area contributed by atoms with Crippen LogP contribution in [0.4, 0.5) is 0 Å². The SMILES string of the molecule is COC(=O)C1=C(C)NC(COCCCOc2ccc3[nH]c(=O)ccc3c2)=C(C(=O)OC)C1c1ccccc1Cl. The summed E-state index contributed by atoms with van der Waals surface area (Å²) in [5, 5.41) is 4.41. The van der Waals surface area contributed by atoms with Crippen molar-refractivity contribution in [3.63, 3.8) is 0 Å². The molecule has 2 aromatic carbocycles. The minimum absolute atomic E-state index is 0.0700. The first kappa shape index (κ1) is 27.9. The molecule has 3 aromatic rings. The lowest BCUT2D eigenvalue weighted by Gasteiger charge is -2.31. The van der Waals surface area contributed by atoms with Gasteiger partial charge in [0.15, 0.2) is 0 Å². The summed E-state index contributed by atoms with van der Waals surface area (Å²) in [6.07, 6.45) is 0.584. The first-order chi connectivity index (χ1) is 18.8. The van der Waals surface area contributed by atoms with Crippen LogP contribution in [0.3, 0.4) is 0 Å². The van der Waals surface area contributed by atoms with E-state index in [4.69, 9.17) is 30.5 Å². The molecule has 0 aliphatic carbocycles. The summed E-state index contributed by atoms with van der Waals surface area (Å²) in [4.78, 5) is 40.0.